The maximum absolute atomic E-state index is 13.6. The molecule has 7 nitrogen and oxygen atoms in total. The number of nitrogens with zero attached hydrogens (tertiary/aromatic N) is 3. The molecule has 0 saturated carbocycles. The fourth-order valence-electron chi connectivity index (χ4n) is 3.44. The van der Waals surface area contributed by atoms with Crippen LogP contribution in [0.5, 0.6) is 0 Å². The van der Waals surface area contributed by atoms with Gasteiger partial charge in [-0.2, -0.15) is 17.6 Å². The zero-order valence-electron chi connectivity index (χ0n) is 15.8. The molecular weight excluding hydrogens is 388 g/mol. The van der Waals surface area contributed by atoms with Gasteiger partial charge in [-0.15, -0.1) is 0 Å². The largest absolute Gasteiger partial charge is 0.372 e. The average molecular weight is 408 g/mol. The lowest BCUT2D eigenvalue weighted by atomic mass is 10.1. The number of anilines is 1. The summed E-state index contributed by atoms with van der Waals surface area (Å²) in [5.41, 5.74) is 6.38. The number of carbonyl (C=O) groups excluding carboxylic acids is 1. The Hall–Kier alpha value is -3.39. The Morgan fingerprint density at radius 1 is 1.03 bits per heavy atom. The molecule has 0 aliphatic carbocycles. The van der Waals surface area contributed by atoms with Gasteiger partial charge >= 0.3 is 0 Å². The van der Waals surface area contributed by atoms with E-state index in [0.29, 0.717) is 28.5 Å². The van der Waals surface area contributed by atoms with E-state index in [1.807, 2.05) is 41.3 Å². The number of amides is 1. The van der Waals surface area contributed by atoms with Crippen LogP contribution >= 0.6 is 0 Å². The van der Waals surface area contributed by atoms with Gasteiger partial charge in [-0.3, -0.25) is 4.79 Å². The van der Waals surface area contributed by atoms with E-state index in [1.54, 1.807) is 31.3 Å². The predicted octanol–water partition coefficient (Wildman–Crippen LogP) is 2.74. The monoisotopic (exact) mass is 408 g/mol. The summed E-state index contributed by atoms with van der Waals surface area (Å²) in [7, 11) is -2.16. The molecule has 8 heteroatoms. The fourth-order valence-corrected chi connectivity index (χ4v) is 4.95. The van der Waals surface area contributed by atoms with Gasteiger partial charge in [0.15, 0.2) is 0 Å². The van der Waals surface area contributed by atoms with E-state index >= 15 is 0 Å². The van der Waals surface area contributed by atoms with Crippen molar-refractivity contribution in [2.24, 2.45) is 5.73 Å². The van der Waals surface area contributed by atoms with Crippen LogP contribution in [0, 0.1) is 0 Å². The molecule has 148 valence electrons. The number of para-hydroxylation sites is 1. The minimum absolute atomic E-state index is 0.164. The molecule has 0 aliphatic heterocycles. The summed E-state index contributed by atoms with van der Waals surface area (Å²) >= 11 is 0. The van der Waals surface area contributed by atoms with Gasteiger partial charge in [-0.05, 0) is 17.5 Å². The van der Waals surface area contributed by atoms with Crippen molar-refractivity contribution in [3.05, 3.63) is 66.9 Å². The summed E-state index contributed by atoms with van der Waals surface area (Å²) in [5.74, 6) is -0.416. The minimum atomic E-state index is -3.95. The van der Waals surface area contributed by atoms with E-state index in [1.165, 1.54) is 6.20 Å². The summed E-state index contributed by atoms with van der Waals surface area (Å²) in [4.78, 5) is 13.2. The van der Waals surface area contributed by atoms with Gasteiger partial charge in [0.2, 0.25) is 5.91 Å². The first-order valence-electron chi connectivity index (χ1n) is 9.09. The molecular formula is C21H20N4O3S. The van der Waals surface area contributed by atoms with Crippen LogP contribution < -0.4 is 10.6 Å². The summed E-state index contributed by atoms with van der Waals surface area (Å²) < 4.78 is 28.2. The number of fused-ring (bicyclic) bond motifs is 2. The predicted molar refractivity (Wildman–Crippen MR) is 113 cm³/mol. The van der Waals surface area contributed by atoms with Gasteiger partial charge in [-0.1, -0.05) is 48.5 Å². The average Bonchev–Trinajstić information content (AvgIpc) is 3.16. The molecule has 0 fully saturated rings. The molecule has 3 aromatic carbocycles. The van der Waals surface area contributed by atoms with Gasteiger partial charge in [-0.25, -0.2) is 0 Å². The van der Waals surface area contributed by atoms with Gasteiger partial charge < -0.3 is 10.6 Å². The lowest BCUT2D eigenvalue weighted by Crippen LogP contribution is -2.25. The van der Waals surface area contributed by atoms with Crippen molar-refractivity contribution in [1.29, 1.82) is 0 Å². The molecule has 0 saturated heterocycles. The van der Waals surface area contributed by atoms with Crippen LogP contribution in [0.1, 0.15) is 6.42 Å². The summed E-state index contributed by atoms with van der Waals surface area (Å²) in [6.07, 6.45) is 1.69. The molecule has 4 aromatic rings. The maximum atomic E-state index is 13.6. The molecule has 0 aliphatic rings. The van der Waals surface area contributed by atoms with Gasteiger partial charge in [0.1, 0.15) is 5.52 Å². The maximum Gasteiger partial charge on any atom is 0.284 e. The van der Waals surface area contributed by atoms with Crippen LogP contribution in [0.2, 0.25) is 0 Å². The molecule has 0 spiro atoms. The number of aromatic nitrogens is 2. The second-order valence-corrected chi connectivity index (χ2v) is 8.56. The van der Waals surface area contributed by atoms with Gasteiger partial charge in [0.05, 0.1) is 16.8 Å². The second kappa shape index (κ2) is 7.21. The highest BCUT2D eigenvalue weighted by molar-refractivity contribution is 7.90. The van der Waals surface area contributed by atoms with Crippen LogP contribution in [0.25, 0.3) is 21.7 Å². The Balaban J connectivity index is 1.91. The Bertz CT molecular complexity index is 1320. The number of hydrogen-bond donors (Lipinski definition) is 1. The van der Waals surface area contributed by atoms with E-state index < -0.39 is 15.9 Å². The van der Waals surface area contributed by atoms with Crippen molar-refractivity contribution in [3.63, 3.8) is 0 Å². The van der Waals surface area contributed by atoms with Crippen molar-refractivity contribution in [3.8, 4) is 0 Å². The number of benzene rings is 3. The van der Waals surface area contributed by atoms with Crippen molar-refractivity contribution < 1.29 is 13.2 Å². The number of nitrogens with two attached hydrogens (primary N) is 1. The third-order valence-corrected chi connectivity index (χ3v) is 6.54. The third-order valence-electron chi connectivity index (χ3n) is 4.90. The SMILES string of the molecule is CN(CCC(N)=O)c1cccc2cnn(S(=O)(=O)c3cccc4ccccc34)c12. The first kappa shape index (κ1) is 18.9. The Kier molecular flexibility index (Phi) is 4.71. The lowest BCUT2D eigenvalue weighted by molar-refractivity contribution is -0.117. The molecule has 4 rings (SSSR count). The molecule has 29 heavy (non-hydrogen) atoms. The summed E-state index contributed by atoms with van der Waals surface area (Å²) in [6, 6.07) is 18.0. The zero-order chi connectivity index (χ0) is 20.6. The third kappa shape index (κ3) is 3.31. The zero-order valence-corrected chi connectivity index (χ0v) is 16.6. The van der Waals surface area contributed by atoms with E-state index in [4.69, 9.17) is 5.73 Å². The fraction of sp³-hybridized carbons (Fsp3) is 0.143. The van der Waals surface area contributed by atoms with Crippen molar-refractivity contribution >= 4 is 43.3 Å². The van der Waals surface area contributed by atoms with Crippen LogP contribution in [0.4, 0.5) is 5.69 Å². The number of hydrogen-bond acceptors (Lipinski definition) is 5. The summed E-state index contributed by atoms with van der Waals surface area (Å²) in [6.45, 7) is 0.369. The van der Waals surface area contributed by atoms with E-state index in [9.17, 15) is 13.2 Å². The number of primary amides is 1. The standard InChI is InChI=1S/C21H20N4O3S/c1-24(13-12-20(22)26)18-10-4-8-16-14-23-25(21(16)18)29(27,28)19-11-5-7-15-6-2-3-9-17(15)19/h2-11,14H,12-13H2,1H3,(H2,22,26). The first-order valence-corrected chi connectivity index (χ1v) is 10.5. The Morgan fingerprint density at radius 2 is 1.72 bits per heavy atom. The van der Waals surface area contributed by atoms with Crippen LogP contribution in [0.3, 0.4) is 0 Å². The highest BCUT2D eigenvalue weighted by atomic mass is 32.2. The topological polar surface area (TPSA) is 98.3 Å². The van der Waals surface area contributed by atoms with E-state index in [0.717, 1.165) is 9.47 Å². The first-order chi connectivity index (χ1) is 13.9. The van der Waals surface area contributed by atoms with Crippen molar-refractivity contribution in [2.45, 2.75) is 11.3 Å². The molecule has 0 radical (unpaired) electrons. The Morgan fingerprint density at radius 3 is 2.52 bits per heavy atom. The highest BCUT2D eigenvalue weighted by Gasteiger charge is 2.24. The molecule has 1 amide bonds. The van der Waals surface area contributed by atoms with Crippen molar-refractivity contribution in [1.82, 2.24) is 9.19 Å². The van der Waals surface area contributed by atoms with Gasteiger partial charge in [0, 0.05) is 30.8 Å². The normalized spacial score (nSPS) is 11.8. The van der Waals surface area contributed by atoms with Gasteiger partial charge in [0.25, 0.3) is 10.0 Å². The molecule has 0 bridgehead atoms. The van der Waals surface area contributed by atoms with Crippen LogP contribution in [-0.4, -0.2) is 37.1 Å². The smallest absolute Gasteiger partial charge is 0.284 e. The van der Waals surface area contributed by atoms with E-state index in [-0.39, 0.29) is 11.3 Å². The quantitative estimate of drug-likeness (QED) is 0.529. The number of carbonyl (C=O) groups is 1. The van der Waals surface area contributed by atoms with Crippen LogP contribution in [0.15, 0.2) is 71.8 Å². The Labute approximate surface area is 168 Å². The molecule has 1 heterocycles. The second-order valence-electron chi connectivity index (χ2n) is 6.82. The molecule has 0 unspecified atom stereocenters. The van der Waals surface area contributed by atoms with E-state index in [2.05, 4.69) is 5.10 Å². The lowest BCUT2D eigenvalue weighted by Gasteiger charge is -2.20. The molecule has 2 N–H and O–H groups in total. The molecule has 1 aromatic heterocycles. The minimum Gasteiger partial charge on any atom is -0.372 e. The number of rotatable bonds is 6. The van der Waals surface area contributed by atoms with Crippen molar-refractivity contribution in [2.75, 3.05) is 18.5 Å². The highest BCUT2D eigenvalue weighted by Crippen LogP contribution is 2.31. The molecule has 0 atom stereocenters. The summed E-state index contributed by atoms with van der Waals surface area (Å²) in [5, 5.41) is 6.36. The van der Waals surface area contributed by atoms with Crippen LogP contribution in [-0.2, 0) is 14.8 Å².